The van der Waals surface area contributed by atoms with E-state index in [1.807, 2.05) is 12.1 Å². The number of aryl methyl sites for hydroxylation is 1. The number of pyridine rings is 1. The van der Waals surface area contributed by atoms with Crippen molar-refractivity contribution in [1.82, 2.24) is 9.47 Å². The molecule has 0 aliphatic rings. The molecular weight excluding hydrogens is 411 g/mol. The van der Waals surface area contributed by atoms with E-state index < -0.39 is 5.82 Å². The molecule has 4 nitrogen and oxygen atoms in total. The lowest BCUT2D eigenvalue weighted by Gasteiger charge is -2.23. The van der Waals surface area contributed by atoms with E-state index in [0.717, 1.165) is 4.47 Å². The highest BCUT2D eigenvalue weighted by molar-refractivity contribution is 9.10. The van der Waals surface area contributed by atoms with Crippen molar-refractivity contribution in [3.63, 3.8) is 0 Å². The van der Waals surface area contributed by atoms with Crippen LogP contribution >= 0.6 is 15.9 Å². The van der Waals surface area contributed by atoms with Crippen LogP contribution in [0.5, 0.6) is 0 Å². The first-order chi connectivity index (χ1) is 12.9. The van der Waals surface area contributed by atoms with Crippen LogP contribution < -0.4 is 5.56 Å². The highest BCUT2D eigenvalue weighted by Crippen LogP contribution is 2.21. The summed E-state index contributed by atoms with van der Waals surface area (Å²) >= 11 is 3.32. The molecule has 3 rings (SSSR count). The third kappa shape index (κ3) is 3.85. The normalized spacial score (nSPS) is 10.8. The number of carbonyl (C=O) groups excluding carboxylic acids is 1. The van der Waals surface area contributed by atoms with Crippen molar-refractivity contribution < 1.29 is 9.18 Å². The number of para-hydroxylation sites is 1. The zero-order valence-electron chi connectivity index (χ0n) is 14.8. The molecule has 2 aromatic carbocycles. The molecule has 0 atom stereocenters. The van der Waals surface area contributed by atoms with Crippen molar-refractivity contribution >= 4 is 32.7 Å². The molecule has 0 saturated heterocycles. The maximum atomic E-state index is 14.2. The number of fused-ring (bicyclic) bond motifs is 1. The van der Waals surface area contributed by atoms with E-state index in [4.69, 9.17) is 0 Å². The monoisotopic (exact) mass is 428 g/mol. The topological polar surface area (TPSA) is 42.3 Å². The Labute approximate surface area is 164 Å². The smallest absolute Gasteiger partial charge is 0.255 e. The Morgan fingerprint density at radius 3 is 2.74 bits per heavy atom. The van der Waals surface area contributed by atoms with Crippen molar-refractivity contribution in [3.05, 3.63) is 93.0 Å². The van der Waals surface area contributed by atoms with Crippen LogP contribution in [0.4, 0.5) is 4.39 Å². The summed E-state index contributed by atoms with van der Waals surface area (Å²) in [7, 11) is 1.66. The summed E-state index contributed by atoms with van der Waals surface area (Å²) in [6.07, 6.45) is 1.58. The van der Waals surface area contributed by atoms with Gasteiger partial charge in [0.05, 0.1) is 11.1 Å². The fourth-order valence-electron chi connectivity index (χ4n) is 3.00. The van der Waals surface area contributed by atoms with Gasteiger partial charge in [-0.25, -0.2) is 4.39 Å². The summed E-state index contributed by atoms with van der Waals surface area (Å²) in [5.41, 5.74) is 1.07. The van der Waals surface area contributed by atoms with Gasteiger partial charge in [-0.3, -0.25) is 9.59 Å². The molecule has 0 radical (unpaired) electrons. The highest BCUT2D eigenvalue weighted by atomic mass is 79.9. The molecule has 3 aromatic rings. The number of aromatic nitrogens is 1. The molecular formula is C21H18BrFN2O2. The second-order valence-corrected chi connectivity index (χ2v) is 7.10. The Balaban J connectivity index is 2.07. The Kier molecular flexibility index (Phi) is 5.56. The number of hydrogen-bond acceptors (Lipinski definition) is 2. The lowest BCUT2D eigenvalue weighted by Crippen LogP contribution is -2.32. The molecule has 0 aliphatic heterocycles. The second kappa shape index (κ2) is 7.88. The van der Waals surface area contributed by atoms with Gasteiger partial charge < -0.3 is 9.47 Å². The molecule has 1 heterocycles. The summed E-state index contributed by atoms with van der Waals surface area (Å²) in [4.78, 5) is 27.0. The number of rotatable bonds is 5. The molecule has 0 aliphatic carbocycles. The fraction of sp³-hybridized carbons (Fsp3) is 0.143. The Morgan fingerprint density at radius 1 is 1.26 bits per heavy atom. The van der Waals surface area contributed by atoms with Crippen LogP contribution in [0.3, 0.4) is 0 Å². The van der Waals surface area contributed by atoms with E-state index in [1.54, 1.807) is 37.4 Å². The number of hydrogen-bond donors (Lipinski definition) is 0. The van der Waals surface area contributed by atoms with Crippen molar-refractivity contribution in [1.29, 1.82) is 0 Å². The van der Waals surface area contributed by atoms with Crippen molar-refractivity contribution in [2.75, 3.05) is 6.54 Å². The molecule has 0 bridgehead atoms. The van der Waals surface area contributed by atoms with E-state index in [-0.39, 0.29) is 24.6 Å². The molecule has 0 saturated carbocycles. The number of carbonyl (C=O) groups is 1. The summed E-state index contributed by atoms with van der Waals surface area (Å²) in [5, 5.41) is 0.674. The zero-order valence-corrected chi connectivity index (χ0v) is 16.4. The number of nitrogens with zero attached hydrogens (tertiary/aromatic N) is 2. The van der Waals surface area contributed by atoms with Gasteiger partial charge >= 0.3 is 0 Å². The lowest BCUT2D eigenvalue weighted by molar-refractivity contribution is 0.0763. The van der Waals surface area contributed by atoms with Crippen molar-refractivity contribution in [3.8, 4) is 0 Å². The van der Waals surface area contributed by atoms with Crippen LogP contribution in [0.1, 0.15) is 15.9 Å². The first-order valence-electron chi connectivity index (χ1n) is 8.35. The quantitative estimate of drug-likeness (QED) is 0.569. The molecule has 27 heavy (non-hydrogen) atoms. The van der Waals surface area contributed by atoms with Gasteiger partial charge in [0.15, 0.2) is 0 Å². The predicted octanol–water partition coefficient (Wildman–Crippen LogP) is 4.27. The minimum atomic E-state index is -0.395. The predicted molar refractivity (Wildman–Crippen MR) is 108 cm³/mol. The van der Waals surface area contributed by atoms with Crippen LogP contribution in [0.25, 0.3) is 10.9 Å². The summed E-state index contributed by atoms with van der Waals surface area (Å²) in [6.45, 7) is 3.99. The average molecular weight is 429 g/mol. The number of amides is 1. The van der Waals surface area contributed by atoms with E-state index in [0.29, 0.717) is 22.0 Å². The zero-order chi connectivity index (χ0) is 19.6. The molecule has 1 aromatic heterocycles. The van der Waals surface area contributed by atoms with Crippen LogP contribution in [0, 0.1) is 5.82 Å². The summed E-state index contributed by atoms with van der Waals surface area (Å²) < 4.78 is 16.4. The lowest BCUT2D eigenvalue weighted by atomic mass is 10.1. The number of benzene rings is 2. The molecule has 0 unspecified atom stereocenters. The van der Waals surface area contributed by atoms with E-state index in [1.165, 1.54) is 21.6 Å². The molecule has 6 heteroatoms. The van der Waals surface area contributed by atoms with Gasteiger partial charge in [0, 0.05) is 41.6 Å². The minimum absolute atomic E-state index is 0.0691. The largest absolute Gasteiger partial charge is 0.330 e. The van der Waals surface area contributed by atoms with Gasteiger partial charge in [0.2, 0.25) is 0 Å². The van der Waals surface area contributed by atoms with Gasteiger partial charge in [0.25, 0.3) is 11.5 Å². The minimum Gasteiger partial charge on any atom is -0.330 e. The molecule has 0 spiro atoms. The average Bonchev–Trinajstić information content (AvgIpc) is 2.66. The summed E-state index contributed by atoms with van der Waals surface area (Å²) in [6, 6.07) is 13.1. The Bertz CT molecular complexity index is 1090. The third-order valence-electron chi connectivity index (χ3n) is 4.39. The molecule has 0 N–H and O–H groups in total. The van der Waals surface area contributed by atoms with Crippen LogP contribution in [0.15, 0.2) is 70.5 Å². The van der Waals surface area contributed by atoms with Crippen molar-refractivity contribution in [2.45, 2.75) is 6.54 Å². The van der Waals surface area contributed by atoms with Crippen LogP contribution in [0.2, 0.25) is 0 Å². The Morgan fingerprint density at radius 2 is 2.00 bits per heavy atom. The van der Waals surface area contributed by atoms with Crippen molar-refractivity contribution in [2.24, 2.45) is 7.05 Å². The molecule has 1 amide bonds. The van der Waals surface area contributed by atoms with Crippen LogP contribution in [-0.4, -0.2) is 21.9 Å². The first kappa shape index (κ1) is 19.0. The Hall–Kier alpha value is -2.73. The van der Waals surface area contributed by atoms with E-state index in [9.17, 15) is 14.0 Å². The van der Waals surface area contributed by atoms with Gasteiger partial charge in [-0.2, -0.15) is 0 Å². The fourth-order valence-corrected chi connectivity index (χ4v) is 3.41. The maximum Gasteiger partial charge on any atom is 0.255 e. The third-order valence-corrected chi connectivity index (χ3v) is 4.88. The SMILES string of the molecule is C=CCN(Cc1cc(Br)ccc1F)C(=O)c1cc(=O)n(C)c2ccccc12. The highest BCUT2D eigenvalue weighted by Gasteiger charge is 2.20. The molecule has 0 fully saturated rings. The number of halogens is 2. The first-order valence-corrected chi connectivity index (χ1v) is 9.14. The second-order valence-electron chi connectivity index (χ2n) is 6.18. The van der Waals surface area contributed by atoms with E-state index >= 15 is 0 Å². The van der Waals surface area contributed by atoms with Gasteiger partial charge in [-0.1, -0.05) is 40.2 Å². The maximum absolute atomic E-state index is 14.2. The van der Waals surface area contributed by atoms with Gasteiger partial charge in [0.1, 0.15) is 5.82 Å². The van der Waals surface area contributed by atoms with Gasteiger partial charge in [-0.05, 0) is 24.3 Å². The molecule has 138 valence electrons. The standard InChI is InChI=1S/C21H18BrFN2O2/c1-3-10-25(13-14-11-15(22)8-9-18(14)23)21(27)17-12-20(26)24(2)19-7-5-4-6-16(17)19/h3-9,11-12H,1,10,13H2,2H3. The van der Waals surface area contributed by atoms with Crippen LogP contribution in [-0.2, 0) is 13.6 Å². The van der Waals surface area contributed by atoms with E-state index in [2.05, 4.69) is 22.5 Å². The summed E-state index contributed by atoms with van der Waals surface area (Å²) in [5.74, 6) is -0.739. The van der Waals surface area contributed by atoms with Gasteiger partial charge in [-0.15, -0.1) is 6.58 Å².